The van der Waals surface area contributed by atoms with Gasteiger partial charge >= 0.3 is 5.97 Å². The molecular formula is C13H13N5O2S2. The predicted molar refractivity (Wildman–Crippen MR) is 83.4 cm³/mol. The van der Waals surface area contributed by atoms with Gasteiger partial charge in [0.1, 0.15) is 0 Å². The molecule has 22 heavy (non-hydrogen) atoms. The molecule has 0 amide bonds. The lowest BCUT2D eigenvalue weighted by molar-refractivity contribution is 0.0697. The third-order valence-electron chi connectivity index (χ3n) is 2.94. The number of aryl methyl sites for hydroxylation is 1. The van der Waals surface area contributed by atoms with E-state index < -0.39 is 5.97 Å². The maximum absolute atomic E-state index is 11.0. The maximum atomic E-state index is 11.0. The number of carbonyl (C=O) groups is 1. The van der Waals surface area contributed by atoms with E-state index in [4.69, 9.17) is 5.11 Å². The van der Waals surface area contributed by atoms with Crippen molar-refractivity contribution in [3.63, 3.8) is 0 Å². The third-order valence-corrected chi connectivity index (χ3v) is 4.87. The van der Waals surface area contributed by atoms with Crippen molar-refractivity contribution in [3.05, 3.63) is 23.8 Å². The van der Waals surface area contributed by atoms with Crippen LogP contribution in [0.15, 0.2) is 27.7 Å². The second kappa shape index (κ2) is 6.41. The van der Waals surface area contributed by atoms with E-state index in [0.717, 1.165) is 33.9 Å². The second-order valence-corrected chi connectivity index (χ2v) is 6.84. The average molecular weight is 335 g/mol. The first-order valence-electron chi connectivity index (χ1n) is 6.75. The van der Waals surface area contributed by atoms with Crippen molar-refractivity contribution in [1.82, 2.24) is 25.2 Å². The van der Waals surface area contributed by atoms with Crippen LogP contribution < -0.4 is 0 Å². The number of carboxylic acid groups (broad SMARTS) is 1. The average Bonchev–Trinajstić information content (AvgIpc) is 3.10. The maximum Gasteiger partial charge on any atom is 0.335 e. The molecule has 0 aliphatic carbocycles. The summed E-state index contributed by atoms with van der Waals surface area (Å²) in [5, 5.41) is 21.8. The van der Waals surface area contributed by atoms with E-state index in [9.17, 15) is 4.79 Å². The Morgan fingerprint density at radius 3 is 3.09 bits per heavy atom. The Bertz CT molecular complexity index is 814. The van der Waals surface area contributed by atoms with Crippen LogP contribution in [0.2, 0.25) is 0 Å². The number of aromatic nitrogens is 5. The highest BCUT2D eigenvalue weighted by Gasteiger charge is 2.12. The zero-order valence-electron chi connectivity index (χ0n) is 11.8. The van der Waals surface area contributed by atoms with E-state index in [1.807, 2.05) is 0 Å². The summed E-state index contributed by atoms with van der Waals surface area (Å²) in [7, 11) is 0. The van der Waals surface area contributed by atoms with Gasteiger partial charge in [0.2, 0.25) is 5.16 Å². The number of unbranched alkanes of at least 4 members (excludes halogenated alkanes) is 1. The number of hydrogen-bond acceptors (Lipinski definition) is 7. The van der Waals surface area contributed by atoms with Crippen LogP contribution in [0.5, 0.6) is 0 Å². The van der Waals surface area contributed by atoms with Crippen molar-refractivity contribution in [2.75, 3.05) is 0 Å². The molecule has 2 aromatic heterocycles. The fourth-order valence-electron chi connectivity index (χ4n) is 1.82. The molecule has 2 heterocycles. The van der Waals surface area contributed by atoms with Gasteiger partial charge in [0.05, 0.1) is 22.3 Å². The lowest BCUT2D eigenvalue weighted by atomic mass is 10.2. The standard InChI is InChI=1S/C13H13N5O2S2/c1-2-3-6-18-16-12(15-17-18)22-13-14-9-5-4-8(11(19)20)7-10(9)21-13/h4-5,7H,2-3,6H2,1H3,(H,19,20). The van der Waals surface area contributed by atoms with E-state index in [-0.39, 0.29) is 5.56 Å². The van der Waals surface area contributed by atoms with Crippen LogP contribution in [0.4, 0.5) is 0 Å². The summed E-state index contributed by atoms with van der Waals surface area (Å²) in [6.07, 6.45) is 2.09. The summed E-state index contributed by atoms with van der Waals surface area (Å²) < 4.78 is 1.60. The number of hydrogen-bond donors (Lipinski definition) is 1. The largest absolute Gasteiger partial charge is 0.478 e. The summed E-state index contributed by atoms with van der Waals surface area (Å²) in [6.45, 7) is 2.87. The normalized spacial score (nSPS) is 11.1. The molecule has 0 bridgehead atoms. The first-order valence-corrected chi connectivity index (χ1v) is 8.38. The molecule has 0 aliphatic rings. The highest BCUT2D eigenvalue weighted by molar-refractivity contribution is 8.01. The van der Waals surface area contributed by atoms with Gasteiger partial charge in [0.25, 0.3) is 0 Å². The van der Waals surface area contributed by atoms with Gasteiger partial charge in [-0.2, -0.15) is 4.80 Å². The minimum absolute atomic E-state index is 0.260. The first-order chi connectivity index (χ1) is 10.7. The topological polar surface area (TPSA) is 93.8 Å². The van der Waals surface area contributed by atoms with Crippen LogP contribution in [-0.4, -0.2) is 36.3 Å². The Labute approximate surface area is 134 Å². The number of benzene rings is 1. The summed E-state index contributed by atoms with van der Waals surface area (Å²) in [6, 6.07) is 4.90. The van der Waals surface area contributed by atoms with E-state index in [2.05, 4.69) is 27.3 Å². The number of carboxylic acids is 1. The van der Waals surface area contributed by atoms with E-state index in [1.54, 1.807) is 23.0 Å². The van der Waals surface area contributed by atoms with Crippen LogP contribution in [0.3, 0.4) is 0 Å². The molecule has 0 spiro atoms. The van der Waals surface area contributed by atoms with Crippen molar-refractivity contribution < 1.29 is 9.90 Å². The lowest BCUT2D eigenvalue weighted by Crippen LogP contribution is -2.01. The van der Waals surface area contributed by atoms with Crippen LogP contribution >= 0.6 is 23.1 Å². The Hall–Kier alpha value is -2.00. The molecule has 114 valence electrons. The van der Waals surface area contributed by atoms with Gasteiger partial charge in [0, 0.05) is 0 Å². The van der Waals surface area contributed by atoms with Gasteiger partial charge < -0.3 is 5.11 Å². The zero-order chi connectivity index (χ0) is 15.5. The van der Waals surface area contributed by atoms with Crippen molar-refractivity contribution in [2.45, 2.75) is 35.8 Å². The highest BCUT2D eigenvalue weighted by atomic mass is 32.2. The van der Waals surface area contributed by atoms with Crippen LogP contribution in [0.1, 0.15) is 30.1 Å². The van der Waals surface area contributed by atoms with Crippen LogP contribution in [0.25, 0.3) is 10.2 Å². The molecule has 0 fully saturated rings. The van der Waals surface area contributed by atoms with Gasteiger partial charge in [-0.05, 0) is 41.6 Å². The molecule has 0 radical (unpaired) electrons. The van der Waals surface area contributed by atoms with Gasteiger partial charge in [-0.15, -0.1) is 21.5 Å². The van der Waals surface area contributed by atoms with Crippen molar-refractivity contribution in [1.29, 1.82) is 0 Å². The number of thiazole rings is 1. The van der Waals surface area contributed by atoms with Crippen LogP contribution in [-0.2, 0) is 6.54 Å². The molecule has 9 heteroatoms. The molecule has 3 rings (SSSR count). The van der Waals surface area contributed by atoms with Crippen molar-refractivity contribution in [3.8, 4) is 0 Å². The smallest absolute Gasteiger partial charge is 0.335 e. The Kier molecular flexibility index (Phi) is 4.34. The quantitative estimate of drug-likeness (QED) is 0.740. The first kappa shape index (κ1) is 14.9. The molecule has 1 aromatic carbocycles. The molecule has 3 aromatic rings. The van der Waals surface area contributed by atoms with Crippen molar-refractivity contribution >= 4 is 39.3 Å². The second-order valence-electron chi connectivity index (χ2n) is 4.59. The summed E-state index contributed by atoms with van der Waals surface area (Å²) in [4.78, 5) is 17.0. The number of fused-ring (bicyclic) bond motifs is 1. The number of tetrazole rings is 1. The SMILES string of the molecule is CCCCn1nnc(Sc2nc3ccc(C(=O)O)cc3s2)n1. The fourth-order valence-corrected chi connectivity index (χ4v) is 3.73. The number of nitrogens with zero attached hydrogens (tertiary/aromatic N) is 5. The lowest BCUT2D eigenvalue weighted by Gasteiger charge is -1.93. The summed E-state index contributed by atoms with van der Waals surface area (Å²) >= 11 is 2.76. The fraction of sp³-hybridized carbons (Fsp3) is 0.308. The Morgan fingerprint density at radius 1 is 1.45 bits per heavy atom. The summed E-state index contributed by atoms with van der Waals surface area (Å²) in [5.74, 6) is -0.940. The minimum Gasteiger partial charge on any atom is -0.478 e. The van der Waals surface area contributed by atoms with Gasteiger partial charge in [-0.3, -0.25) is 0 Å². The highest BCUT2D eigenvalue weighted by Crippen LogP contribution is 2.32. The monoisotopic (exact) mass is 335 g/mol. The molecule has 0 aliphatic heterocycles. The molecule has 1 N–H and O–H groups in total. The molecule has 0 saturated carbocycles. The van der Waals surface area contributed by atoms with Gasteiger partial charge in [0.15, 0.2) is 4.34 Å². The van der Waals surface area contributed by atoms with Gasteiger partial charge in [-0.1, -0.05) is 13.3 Å². The van der Waals surface area contributed by atoms with E-state index in [1.165, 1.54) is 23.1 Å². The molecule has 0 saturated heterocycles. The Morgan fingerprint density at radius 2 is 2.32 bits per heavy atom. The molecule has 0 atom stereocenters. The van der Waals surface area contributed by atoms with Crippen molar-refractivity contribution in [2.24, 2.45) is 0 Å². The van der Waals surface area contributed by atoms with Crippen LogP contribution in [0, 0.1) is 0 Å². The summed E-state index contributed by atoms with van der Waals surface area (Å²) in [5.41, 5.74) is 1.03. The van der Waals surface area contributed by atoms with E-state index in [0.29, 0.717) is 5.16 Å². The van der Waals surface area contributed by atoms with Gasteiger partial charge in [-0.25, -0.2) is 9.78 Å². The molecular weight excluding hydrogens is 322 g/mol. The predicted octanol–water partition coefficient (Wildman–Crippen LogP) is 2.93. The number of rotatable bonds is 6. The molecule has 0 unspecified atom stereocenters. The zero-order valence-corrected chi connectivity index (χ0v) is 13.4. The Balaban J connectivity index is 1.78. The van der Waals surface area contributed by atoms with E-state index >= 15 is 0 Å². The minimum atomic E-state index is -0.940. The molecule has 7 nitrogen and oxygen atoms in total. The number of aromatic carboxylic acids is 1. The third kappa shape index (κ3) is 3.25.